The lowest BCUT2D eigenvalue weighted by Crippen LogP contribution is -2.39. The fourth-order valence-electron chi connectivity index (χ4n) is 3.22. The molecule has 0 amide bonds. The summed E-state index contributed by atoms with van der Waals surface area (Å²) in [6.45, 7) is 23.3. The Balaban J connectivity index is 5.95. The number of aliphatic hydroxyl groups is 1. The van der Waals surface area contributed by atoms with Gasteiger partial charge in [0.15, 0.2) is 0 Å². The maximum atomic E-state index is 10.2. The molecule has 3 heteroatoms. The third-order valence-electron chi connectivity index (χ3n) is 5.09. The minimum absolute atomic E-state index is 0.0271. The van der Waals surface area contributed by atoms with Crippen molar-refractivity contribution in [3.63, 3.8) is 0 Å². The zero-order valence-electron chi connectivity index (χ0n) is 16.8. The first-order chi connectivity index (χ1) is 11.0. The molecule has 0 radical (unpaired) electrons. The lowest BCUT2D eigenvalue weighted by molar-refractivity contribution is 0.139. The molecule has 3 nitrogen and oxygen atoms in total. The topological polar surface area (TPSA) is 32.7 Å². The first kappa shape index (κ1) is 22.5. The molecular weight excluding hydrogens is 298 g/mol. The van der Waals surface area contributed by atoms with E-state index >= 15 is 0 Å². The summed E-state index contributed by atoms with van der Waals surface area (Å²) in [6, 6.07) is -0.166. The van der Waals surface area contributed by atoms with Gasteiger partial charge in [0.25, 0.3) is 0 Å². The molecule has 2 unspecified atom stereocenters. The summed E-state index contributed by atoms with van der Waals surface area (Å²) in [5, 5.41) is 10.2. The quantitative estimate of drug-likeness (QED) is 0.401. The van der Waals surface area contributed by atoms with Crippen LogP contribution >= 0.6 is 0 Å². The van der Waals surface area contributed by atoms with Gasteiger partial charge >= 0.3 is 0 Å². The zero-order valence-corrected chi connectivity index (χ0v) is 16.8. The molecule has 24 heavy (non-hydrogen) atoms. The molecule has 0 bridgehead atoms. The third-order valence-corrected chi connectivity index (χ3v) is 5.09. The fourth-order valence-corrected chi connectivity index (χ4v) is 3.22. The summed E-state index contributed by atoms with van der Waals surface area (Å²) in [7, 11) is 3.70. The van der Waals surface area contributed by atoms with Crippen molar-refractivity contribution in [3.05, 3.63) is 48.4 Å². The van der Waals surface area contributed by atoms with Gasteiger partial charge in [0.05, 0.1) is 6.04 Å². The second-order valence-corrected chi connectivity index (χ2v) is 7.23. The minimum Gasteiger partial charge on any atom is -0.511 e. The number of ether oxygens (including phenoxy) is 1. The van der Waals surface area contributed by atoms with Gasteiger partial charge in [0, 0.05) is 26.5 Å². The van der Waals surface area contributed by atoms with Crippen LogP contribution in [0.25, 0.3) is 0 Å². The Hall–Kier alpha value is -1.48. The second-order valence-electron chi connectivity index (χ2n) is 7.23. The van der Waals surface area contributed by atoms with Gasteiger partial charge in [-0.3, -0.25) is 0 Å². The lowest BCUT2D eigenvalue weighted by atomic mass is 9.76. The number of hydrogen-bond acceptors (Lipinski definition) is 3. The van der Waals surface area contributed by atoms with Crippen LogP contribution in [0.15, 0.2) is 48.4 Å². The Kier molecular flexibility index (Phi) is 9.13. The number of aliphatic hydroxyl groups excluding tert-OH is 1. The van der Waals surface area contributed by atoms with Crippen molar-refractivity contribution in [3.8, 4) is 0 Å². The molecule has 0 aliphatic rings. The molecule has 1 N–H and O–H groups in total. The maximum absolute atomic E-state index is 10.2. The molecule has 0 aliphatic heterocycles. The molecule has 0 rings (SSSR count). The molecule has 0 saturated carbocycles. The molecule has 0 aromatic rings. The molecular formula is C21H37NO2. The van der Waals surface area contributed by atoms with Crippen molar-refractivity contribution in [2.75, 3.05) is 20.8 Å². The smallest absolute Gasteiger partial charge is 0.108 e. The number of rotatable bonds is 11. The molecule has 0 spiro atoms. The van der Waals surface area contributed by atoms with Gasteiger partial charge in [-0.1, -0.05) is 53.5 Å². The minimum atomic E-state index is -0.166. The van der Waals surface area contributed by atoms with E-state index in [1.54, 1.807) is 13.2 Å². The highest BCUT2D eigenvalue weighted by Crippen LogP contribution is 2.38. The highest BCUT2D eigenvalue weighted by Gasteiger charge is 2.30. The number of hydrogen-bond donors (Lipinski definition) is 1. The second kappa shape index (κ2) is 9.73. The van der Waals surface area contributed by atoms with E-state index < -0.39 is 0 Å². The van der Waals surface area contributed by atoms with Crippen LogP contribution in [0.5, 0.6) is 0 Å². The summed E-state index contributed by atoms with van der Waals surface area (Å²) < 4.78 is 5.19. The van der Waals surface area contributed by atoms with Crippen LogP contribution in [0.1, 0.15) is 47.5 Å². The van der Waals surface area contributed by atoms with Crippen molar-refractivity contribution in [2.24, 2.45) is 11.3 Å². The van der Waals surface area contributed by atoms with Crippen molar-refractivity contribution < 1.29 is 9.84 Å². The highest BCUT2D eigenvalue weighted by molar-refractivity contribution is 5.43. The average Bonchev–Trinajstić information content (AvgIpc) is 2.51. The number of likely N-dealkylation sites (N-methyl/N-ethyl adjacent to an activating group) is 1. The Morgan fingerprint density at radius 2 is 1.88 bits per heavy atom. The first-order valence-electron chi connectivity index (χ1n) is 8.67. The van der Waals surface area contributed by atoms with Crippen LogP contribution in [0.2, 0.25) is 0 Å². The predicted molar refractivity (Wildman–Crippen MR) is 105 cm³/mol. The van der Waals surface area contributed by atoms with E-state index in [1.165, 1.54) is 5.57 Å². The van der Waals surface area contributed by atoms with E-state index in [1.807, 2.05) is 7.05 Å². The number of methoxy groups -OCH3 is 1. The van der Waals surface area contributed by atoms with E-state index in [-0.39, 0.29) is 23.1 Å². The van der Waals surface area contributed by atoms with Crippen LogP contribution in [0.3, 0.4) is 0 Å². The Bertz CT molecular complexity index is 488. The number of allylic oxidation sites excluding steroid dienone is 4. The maximum Gasteiger partial charge on any atom is 0.108 e. The highest BCUT2D eigenvalue weighted by atomic mass is 16.5. The molecule has 0 aliphatic carbocycles. The summed E-state index contributed by atoms with van der Waals surface area (Å²) in [5.74, 6) is 0.392. The SMILES string of the molecule is C=CC(=C)/C(=C(/C)N(C)C(C(=C)O)C(C)CCOC)C(C)(C)CC. The Labute approximate surface area is 149 Å². The van der Waals surface area contributed by atoms with Crippen molar-refractivity contribution in [1.29, 1.82) is 0 Å². The van der Waals surface area contributed by atoms with E-state index in [9.17, 15) is 5.11 Å². The fraction of sp³-hybridized carbons (Fsp3) is 0.619. The Morgan fingerprint density at radius 1 is 1.33 bits per heavy atom. The molecule has 0 saturated heterocycles. The van der Waals surface area contributed by atoms with Gasteiger partial charge in [-0.2, -0.15) is 0 Å². The zero-order chi connectivity index (χ0) is 19.1. The van der Waals surface area contributed by atoms with Gasteiger partial charge < -0.3 is 14.7 Å². The van der Waals surface area contributed by atoms with E-state index in [2.05, 4.69) is 59.3 Å². The van der Waals surface area contributed by atoms with E-state index in [0.717, 1.165) is 24.1 Å². The molecule has 0 aromatic carbocycles. The van der Waals surface area contributed by atoms with Crippen LogP contribution in [0, 0.1) is 11.3 Å². The molecule has 138 valence electrons. The lowest BCUT2D eigenvalue weighted by Gasteiger charge is -2.39. The van der Waals surface area contributed by atoms with E-state index in [0.29, 0.717) is 6.61 Å². The van der Waals surface area contributed by atoms with Gasteiger partial charge in [0.1, 0.15) is 5.76 Å². The van der Waals surface area contributed by atoms with Crippen molar-refractivity contribution in [1.82, 2.24) is 4.90 Å². The summed E-state index contributed by atoms with van der Waals surface area (Å²) in [5.41, 5.74) is 3.17. The average molecular weight is 336 g/mol. The van der Waals surface area contributed by atoms with Crippen molar-refractivity contribution >= 4 is 0 Å². The molecule has 2 atom stereocenters. The number of nitrogens with zero attached hydrogens (tertiary/aromatic N) is 1. The van der Waals surface area contributed by atoms with Gasteiger partial charge in [0.2, 0.25) is 0 Å². The molecule has 0 heterocycles. The summed E-state index contributed by atoms with van der Waals surface area (Å²) in [4.78, 5) is 2.12. The predicted octanol–water partition coefficient (Wildman–Crippen LogP) is 5.48. The largest absolute Gasteiger partial charge is 0.511 e. The van der Waals surface area contributed by atoms with Gasteiger partial charge in [-0.25, -0.2) is 0 Å². The summed E-state index contributed by atoms with van der Waals surface area (Å²) in [6.07, 6.45) is 3.65. The molecule has 0 aromatic heterocycles. The standard InChI is InChI=1S/C21H37NO2/c1-11-15(3)19(21(7,8)12-2)17(5)22(9)20(18(6)23)16(4)13-14-24-10/h11,16,20,23H,1,3,6,12-14H2,2,4-5,7-10H3/b19-17+. The summed E-state index contributed by atoms with van der Waals surface area (Å²) >= 11 is 0. The van der Waals surface area contributed by atoms with Gasteiger partial charge in [-0.15, -0.1) is 0 Å². The van der Waals surface area contributed by atoms with E-state index in [4.69, 9.17) is 4.74 Å². The Morgan fingerprint density at radius 3 is 2.25 bits per heavy atom. The van der Waals surface area contributed by atoms with Crippen molar-refractivity contribution in [2.45, 2.75) is 53.5 Å². The van der Waals surface area contributed by atoms with Crippen LogP contribution in [-0.4, -0.2) is 36.8 Å². The normalized spacial score (nSPS) is 15.3. The van der Waals surface area contributed by atoms with Gasteiger partial charge in [-0.05, 0) is 42.2 Å². The molecule has 0 fully saturated rings. The monoisotopic (exact) mass is 335 g/mol. The van der Waals surface area contributed by atoms with Crippen LogP contribution in [-0.2, 0) is 4.74 Å². The third kappa shape index (κ3) is 5.55. The first-order valence-corrected chi connectivity index (χ1v) is 8.67. The van der Waals surface area contributed by atoms with Crippen LogP contribution < -0.4 is 0 Å². The van der Waals surface area contributed by atoms with Crippen LogP contribution in [0.4, 0.5) is 0 Å².